The summed E-state index contributed by atoms with van der Waals surface area (Å²) in [6, 6.07) is 15.1. The molecule has 1 aromatic heterocycles. The number of hydrogen-bond acceptors (Lipinski definition) is 3. The highest BCUT2D eigenvalue weighted by Crippen LogP contribution is 2.21. The van der Waals surface area contributed by atoms with Crippen molar-refractivity contribution in [3.05, 3.63) is 64.1 Å². The van der Waals surface area contributed by atoms with Crippen LogP contribution in [0.1, 0.15) is 15.4 Å². The molecule has 2 aromatic carbocycles. The first kappa shape index (κ1) is 13.1. The highest BCUT2D eigenvalue weighted by Gasteiger charge is 2.11. The van der Waals surface area contributed by atoms with Crippen LogP contribution in [0.4, 0.5) is 0 Å². The Morgan fingerprint density at radius 2 is 1.90 bits per heavy atom. The summed E-state index contributed by atoms with van der Waals surface area (Å²) >= 11 is 7.22. The SMILES string of the molecule is O=C(NCc1ccc(Cl)cc1)c1nc2ccccc2s1. The highest BCUT2D eigenvalue weighted by atomic mass is 35.5. The molecule has 0 aliphatic rings. The Balaban J connectivity index is 1.71. The second-order valence-electron chi connectivity index (χ2n) is 4.30. The molecule has 0 unspecified atom stereocenters. The Bertz CT molecular complexity index is 719. The Kier molecular flexibility index (Phi) is 3.67. The fraction of sp³-hybridized carbons (Fsp3) is 0.0667. The topological polar surface area (TPSA) is 42.0 Å². The molecule has 3 aromatic rings. The van der Waals surface area contributed by atoms with Gasteiger partial charge in [0.25, 0.3) is 5.91 Å². The maximum absolute atomic E-state index is 12.1. The van der Waals surface area contributed by atoms with Crippen molar-refractivity contribution < 1.29 is 4.79 Å². The van der Waals surface area contributed by atoms with Crippen LogP contribution < -0.4 is 5.32 Å². The molecule has 0 radical (unpaired) electrons. The Morgan fingerprint density at radius 3 is 2.65 bits per heavy atom. The van der Waals surface area contributed by atoms with Crippen molar-refractivity contribution in [2.45, 2.75) is 6.54 Å². The van der Waals surface area contributed by atoms with Gasteiger partial charge in [0, 0.05) is 11.6 Å². The molecular formula is C15H11ClN2OS. The van der Waals surface area contributed by atoms with Crippen molar-refractivity contribution in [3.8, 4) is 0 Å². The number of fused-ring (bicyclic) bond motifs is 1. The monoisotopic (exact) mass is 302 g/mol. The lowest BCUT2D eigenvalue weighted by Crippen LogP contribution is -2.22. The van der Waals surface area contributed by atoms with Crippen LogP contribution in [0.2, 0.25) is 5.02 Å². The van der Waals surface area contributed by atoms with E-state index in [1.54, 1.807) is 12.1 Å². The van der Waals surface area contributed by atoms with Crippen molar-refractivity contribution in [2.24, 2.45) is 0 Å². The molecule has 3 rings (SSSR count). The molecular weight excluding hydrogens is 292 g/mol. The summed E-state index contributed by atoms with van der Waals surface area (Å²) in [7, 11) is 0. The molecule has 0 spiro atoms. The largest absolute Gasteiger partial charge is 0.346 e. The summed E-state index contributed by atoms with van der Waals surface area (Å²) in [5.74, 6) is -0.152. The van der Waals surface area contributed by atoms with Gasteiger partial charge >= 0.3 is 0 Å². The lowest BCUT2D eigenvalue weighted by atomic mass is 10.2. The first-order chi connectivity index (χ1) is 9.72. The normalized spacial score (nSPS) is 10.7. The molecule has 0 saturated heterocycles. The van der Waals surface area contributed by atoms with Gasteiger partial charge in [-0.2, -0.15) is 0 Å². The van der Waals surface area contributed by atoms with Crippen LogP contribution in [0.15, 0.2) is 48.5 Å². The van der Waals surface area contributed by atoms with Crippen molar-refractivity contribution in [3.63, 3.8) is 0 Å². The van der Waals surface area contributed by atoms with Gasteiger partial charge in [-0.1, -0.05) is 35.9 Å². The number of aromatic nitrogens is 1. The second kappa shape index (κ2) is 5.61. The van der Waals surface area contributed by atoms with Gasteiger partial charge in [0.2, 0.25) is 0 Å². The quantitative estimate of drug-likeness (QED) is 0.798. The lowest BCUT2D eigenvalue weighted by molar-refractivity contribution is 0.0951. The zero-order valence-corrected chi connectivity index (χ0v) is 12.0. The summed E-state index contributed by atoms with van der Waals surface area (Å²) in [6.07, 6.45) is 0. The summed E-state index contributed by atoms with van der Waals surface area (Å²) in [6.45, 7) is 0.464. The third-order valence-corrected chi connectivity index (χ3v) is 4.14. The molecule has 0 aliphatic carbocycles. The van der Waals surface area contributed by atoms with Crippen LogP contribution in [-0.2, 0) is 6.54 Å². The maximum Gasteiger partial charge on any atom is 0.280 e. The van der Waals surface area contributed by atoms with Gasteiger partial charge in [-0.25, -0.2) is 4.98 Å². The predicted molar refractivity (Wildman–Crippen MR) is 82.2 cm³/mol. The van der Waals surface area contributed by atoms with Crippen LogP contribution in [-0.4, -0.2) is 10.9 Å². The minimum atomic E-state index is -0.152. The van der Waals surface area contributed by atoms with Gasteiger partial charge in [0.15, 0.2) is 5.01 Å². The van der Waals surface area contributed by atoms with Crippen molar-refractivity contribution >= 4 is 39.1 Å². The molecule has 5 heteroatoms. The molecule has 100 valence electrons. The average molecular weight is 303 g/mol. The Hall–Kier alpha value is -1.91. The number of nitrogens with one attached hydrogen (secondary N) is 1. The first-order valence-corrected chi connectivity index (χ1v) is 7.30. The third-order valence-electron chi connectivity index (χ3n) is 2.85. The van der Waals surface area contributed by atoms with Gasteiger partial charge in [0.1, 0.15) is 0 Å². The minimum Gasteiger partial charge on any atom is -0.346 e. The number of amides is 1. The van der Waals surface area contributed by atoms with Crippen LogP contribution in [0.3, 0.4) is 0 Å². The first-order valence-electron chi connectivity index (χ1n) is 6.10. The second-order valence-corrected chi connectivity index (χ2v) is 5.76. The number of rotatable bonds is 3. The summed E-state index contributed by atoms with van der Waals surface area (Å²) in [5.41, 5.74) is 1.86. The van der Waals surface area contributed by atoms with Crippen LogP contribution in [0.5, 0.6) is 0 Å². The van der Waals surface area contributed by atoms with E-state index in [0.717, 1.165) is 15.8 Å². The molecule has 3 nitrogen and oxygen atoms in total. The molecule has 0 atom stereocenters. The summed E-state index contributed by atoms with van der Waals surface area (Å²) in [5, 5.41) is 4.03. The molecule has 1 N–H and O–H groups in total. The molecule has 1 heterocycles. The lowest BCUT2D eigenvalue weighted by Gasteiger charge is -2.03. The van der Waals surface area contributed by atoms with E-state index in [2.05, 4.69) is 10.3 Å². The number of halogens is 1. The zero-order chi connectivity index (χ0) is 13.9. The van der Waals surface area contributed by atoms with Gasteiger partial charge in [0.05, 0.1) is 10.2 Å². The summed E-state index contributed by atoms with van der Waals surface area (Å²) < 4.78 is 1.02. The molecule has 0 bridgehead atoms. The molecule has 0 fully saturated rings. The molecule has 0 aliphatic heterocycles. The third kappa shape index (κ3) is 2.81. The molecule has 1 amide bonds. The van der Waals surface area contributed by atoms with Crippen molar-refractivity contribution in [1.29, 1.82) is 0 Å². The Labute approximate surface area is 125 Å². The predicted octanol–water partition coefficient (Wildman–Crippen LogP) is 3.88. The highest BCUT2D eigenvalue weighted by molar-refractivity contribution is 7.20. The Morgan fingerprint density at radius 1 is 1.15 bits per heavy atom. The number of carbonyl (C=O) groups excluding carboxylic acids is 1. The smallest absolute Gasteiger partial charge is 0.280 e. The van der Waals surface area contributed by atoms with E-state index in [0.29, 0.717) is 16.6 Å². The number of thiazole rings is 1. The molecule has 20 heavy (non-hydrogen) atoms. The van der Waals surface area contributed by atoms with Crippen LogP contribution >= 0.6 is 22.9 Å². The fourth-order valence-corrected chi connectivity index (χ4v) is 2.84. The number of nitrogens with zero attached hydrogens (tertiary/aromatic N) is 1. The molecule has 0 saturated carbocycles. The van der Waals surface area contributed by atoms with E-state index < -0.39 is 0 Å². The van der Waals surface area contributed by atoms with Crippen molar-refractivity contribution in [1.82, 2.24) is 10.3 Å². The zero-order valence-electron chi connectivity index (χ0n) is 10.5. The fourth-order valence-electron chi connectivity index (χ4n) is 1.83. The van der Waals surface area contributed by atoms with E-state index in [1.807, 2.05) is 36.4 Å². The number of hydrogen-bond donors (Lipinski definition) is 1. The van der Waals surface area contributed by atoms with Gasteiger partial charge < -0.3 is 5.32 Å². The van der Waals surface area contributed by atoms with E-state index in [9.17, 15) is 4.79 Å². The average Bonchev–Trinajstić information content (AvgIpc) is 2.90. The van der Waals surface area contributed by atoms with E-state index in [1.165, 1.54) is 11.3 Å². The maximum atomic E-state index is 12.1. The van der Waals surface area contributed by atoms with Gasteiger partial charge in [-0.15, -0.1) is 11.3 Å². The van der Waals surface area contributed by atoms with E-state index in [-0.39, 0.29) is 5.91 Å². The van der Waals surface area contributed by atoms with Gasteiger partial charge in [-0.3, -0.25) is 4.79 Å². The number of para-hydroxylation sites is 1. The van der Waals surface area contributed by atoms with E-state index in [4.69, 9.17) is 11.6 Å². The number of carbonyl (C=O) groups is 1. The van der Waals surface area contributed by atoms with Gasteiger partial charge in [-0.05, 0) is 29.8 Å². The summed E-state index contributed by atoms with van der Waals surface area (Å²) in [4.78, 5) is 16.4. The van der Waals surface area contributed by atoms with Crippen molar-refractivity contribution in [2.75, 3.05) is 0 Å². The van der Waals surface area contributed by atoms with E-state index >= 15 is 0 Å². The number of benzene rings is 2. The standard InChI is InChI=1S/C15H11ClN2OS/c16-11-7-5-10(6-8-11)9-17-14(19)15-18-12-3-1-2-4-13(12)20-15/h1-8H,9H2,(H,17,19). The van der Waals surface area contributed by atoms with Crippen LogP contribution in [0.25, 0.3) is 10.2 Å². The minimum absolute atomic E-state index is 0.152. The van der Waals surface area contributed by atoms with Crippen LogP contribution in [0, 0.1) is 0 Å².